The van der Waals surface area contributed by atoms with Gasteiger partial charge in [0, 0.05) is 0 Å². The van der Waals surface area contributed by atoms with Gasteiger partial charge in [-0.2, -0.15) is 5.26 Å². The second-order valence-electron chi connectivity index (χ2n) is 4.94. The Morgan fingerprint density at radius 1 is 1.24 bits per heavy atom. The molecule has 2 rings (SSSR count). The van der Waals surface area contributed by atoms with Crippen molar-refractivity contribution in [1.29, 1.82) is 5.26 Å². The van der Waals surface area contributed by atoms with Crippen molar-refractivity contribution in [1.82, 2.24) is 0 Å². The van der Waals surface area contributed by atoms with Crippen LogP contribution in [-0.2, 0) is 12.8 Å². The van der Waals surface area contributed by atoms with Crippen molar-refractivity contribution in [3.8, 4) is 11.8 Å². The topological polar surface area (TPSA) is 33.0 Å². The molecule has 0 aliphatic heterocycles. The molecule has 0 aliphatic rings. The number of halogens is 1. The maximum Gasteiger partial charge on any atom is 0.123 e. The van der Waals surface area contributed by atoms with Gasteiger partial charge in [-0.3, -0.25) is 0 Å². The summed E-state index contributed by atoms with van der Waals surface area (Å²) in [6, 6.07) is 14.5. The molecule has 0 saturated heterocycles. The lowest BCUT2D eigenvalue weighted by Crippen LogP contribution is -2.03. The fraction of sp³-hybridized carbons (Fsp3) is 0.278. The number of methoxy groups -OCH3 is 1. The molecular weight excluding hydrogens is 265 g/mol. The van der Waals surface area contributed by atoms with Crippen LogP contribution in [0.4, 0.5) is 4.39 Å². The zero-order valence-corrected chi connectivity index (χ0v) is 12.3. The summed E-state index contributed by atoms with van der Waals surface area (Å²) < 4.78 is 18.7. The SMILES string of the molecule is CCc1ccc(OC)c(CC(C#N)c2cccc(F)c2)c1. The number of hydrogen-bond acceptors (Lipinski definition) is 2. The molecule has 3 heteroatoms. The van der Waals surface area contributed by atoms with E-state index in [1.807, 2.05) is 12.1 Å². The fourth-order valence-electron chi connectivity index (χ4n) is 2.39. The van der Waals surface area contributed by atoms with E-state index >= 15 is 0 Å². The quantitative estimate of drug-likeness (QED) is 0.822. The number of nitriles is 1. The largest absolute Gasteiger partial charge is 0.496 e. The second-order valence-corrected chi connectivity index (χ2v) is 4.94. The van der Waals surface area contributed by atoms with Crippen LogP contribution in [0.3, 0.4) is 0 Å². The highest BCUT2D eigenvalue weighted by Crippen LogP contribution is 2.27. The van der Waals surface area contributed by atoms with Crippen LogP contribution in [-0.4, -0.2) is 7.11 Å². The molecule has 0 aromatic heterocycles. The second kappa shape index (κ2) is 6.90. The van der Waals surface area contributed by atoms with E-state index in [1.54, 1.807) is 19.2 Å². The molecule has 0 spiro atoms. The number of rotatable bonds is 5. The molecule has 0 bridgehead atoms. The predicted octanol–water partition coefficient (Wildman–Crippen LogP) is 4.25. The minimum atomic E-state index is -0.387. The summed E-state index contributed by atoms with van der Waals surface area (Å²) in [6.07, 6.45) is 1.44. The Labute approximate surface area is 124 Å². The van der Waals surface area contributed by atoms with Crippen molar-refractivity contribution in [2.75, 3.05) is 7.11 Å². The molecule has 0 heterocycles. The van der Waals surface area contributed by atoms with Crippen LogP contribution in [0.2, 0.25) is 0 Å². The van der Waals surface area contributed by atoms with Gasteiger partial charge in [0.2, 0.25) is 0 Å². The molecule has 21 heavy (non-hydrogen) atoms. The minimum Gasteiger partial charge on any atom is -0.496 e. The van der Waals surface area contributed by atoms with E-state index in [0.29, 0.717) is 12.0 Å². The van der Waals surface area contributed by atoms with Crippen molar-refractivity contribution in [3.05, 3.63) is 65.0 Å². The molecule has 2 aromatic carbocycles. The van der Waals surface area contributed by atoms with Gasteiger partial charge in [-0.1, -0.05) is 31.2 Å². The normalized spacial score (nSPS) is 11.7. The highest BCUT2D eigenvalue weighted by atomic mass is 19.1. The van der Waals surface area contributed by atoms with Crippen LogP contribution in [0.1, 0.15) is 29.5 Å². The Bertz CT molecular complexity index is 661. The molecule has 108 valence electrons. The molecule has 0 amide bonds. The average Bonchev–Trinajstić information content (AvgIpc) is 2.52. The fourth-order valence-corrected chi connectivity index (χ4v) is 2.39. The number of hydrogen-bond donors (Lipinski definition) is 0. The van der Waals surface area contributed by atoms with Crippen LogP contribution in [0.5, 0.6) is 5.75 Å². The van der Waals surface area contributed by atoms with E-state index in [1.165, 1.54) is 17.7 Å². The average molecular weight is 283 g/mol. The van der Waals surface area contributed by atoms with Crippen LogP contribution in [0, 0.1) is 17.1 Å². The van der Waals surface area contributed by atoms with Crippen molar-refractivity contribution in [2.24, 2.45) is 0 Å². The van der Waals surface area contributed by atoms with Gasteiger partial charge in [-0.05, 0) is 47.7 Å². The Morgan fingerprint density at radius 3 is 2.67 bits per heavy atom. The van der Waals surface area contributed by atoms with Crippen molar-refractivity contribution in [2.45, 2.75) is 25.7 Å². The first-order valence-corrected chi connectivity index (χ1v) is 6.98. The number of ether oxygens (including phenoxy) is 1. The summed E-state index contributed by atoms with van der Waals surface area (Å²) in [7, 11) is 1.62. The Hall–Kier alpha value is -2.34. The Morgan fingerprint density at radius 2 is 2.05 bits per heavy atom. The van der Waals surface area contributed by atoms with E-state index < -0.39 is 0 Å². The van der Waals surface area contributed by atoms with Crippen molar-refractivity contribution < 1.29 is 9.13 Å². The molecule has 2 aromatic rings. The third-order valence-electron chi connectivity index (χ3n) is 3.58. The van der Waals surface area contributed by atoms with Crippen LogP contribution in [0.15, 0.2) is 42.5 Å². The molecule has 0 radical (unpaired) electrons. The smallest absolute Gasteiger partial charge is 0.123 e. The Balaban J connectivity index is 2.32. The first kappa shape index (κ1) is 15.1. The van der Waals surface area contributed by atoms with E-state index in [2.05, 4.69) is 19.1 Å². The molecule has 0 saturated carbocycles. The van der Waals surface area contributed by atoms with Gasteiger partial charge in [0.05, 0.1) is 19.1 Å². The summed E-state index contributed by atoms with van der Waals surface area (Å²) in [5, 5.41) is 9.41. The summed E-state index contributed by atoms with van der Waals surface area (Å²) in [4.78, 5) is 0. The van der Waals surface area contributed by atoms with Crippen molar-refractivity contribution >= 4 is 0 Å². The van der Waals surface area contributed by atoms with Gasteiger partial charge >= 0.3 is 0 Å². The van der Waals surface area contributed by atoms with Gasteiger partial charge in [0.1, 0.15) is 11.6 Å². The maximum absolute atomic E-state index is 13.3. The van der Waals surface area contributed by atoms with Crippen molar-refractivity contribution in [3.63, 3.8) is 0 Å². The summed E-state index contributed by atoms with van der Waals surface area (Å²) in [5.41, 5.74) is 2.87. The first-order valence-electron chi connectivity index (χ1n) is 6.98. The van der Waals surface area contributed by atoms with Crippen LogP contribution >= 0.6 is 0 Å². The monoisotopic (exact) mass is 283 g/mol. The third kappa shape index (κ3) is 3.61. The minimum absolute atomic E-state index is 0.318. The van der Waals surface area contributed by atoms with Crippen LogP contribution in [0.25, 0.3) is 0 Å². The van der Waals surface area contributed by atoms with Gasteiger partial charge < -0.3 is 4.74 Å². The molecule has 1 unspecified atom stereocenters. The summed E-state index contributed by atoms with van der Waals surface area (Å²) >= 11 is 0. The van der Waals surface area contributed by atoms with Gasteiger partial charge in [0.25, 0.3) is 0 Å². The molecule has 1 atom stereocenters. The van der Waals surface area contributed by atoms with Gasteiger partial charge in [-0.25, -0.2) is 4.39 Å². The number of nitrogens with zero attached hydrogens (tertiary/aromatic N) is 1. The highest BCUT2D eigenvalue weighted by Gasteiger charge is 2.15. The lowest BCUT2D eigenvalue weighted by atomic mass is 9.92. The maximum atomic E-state index is 13.3. The zero-order valence-electron chi connectivity index (χ0n) is 12.3. The number of benzene rings is 2. The Kier molecular flexibility index (Phi) is 4.94. The third-order valence-corrected chi connectivity index (χ3v) is 3.58. The molecule has 0 N–H and O–H groups in total. The molecule has 0 fully saturated rings. The number of aryl methyl sites for hydroxylation is 1. The molecule has 2 nitrogen and oxygen atoms in total. The zero-order chi connectivity index (χ0) is 15.2. The van der Waals surface area contributed by atoms with Gasteiger partial charge in [0.15, 0.2) is 0 Å². The van der Waals surface area contributed by atoms with Crippen LogP contribution < -0.4 is 4.74 Å². The van der Waals surface area contributed by atoms with E-state index in [4.69, 9.17) is 4.74 Å². The summed E-state index contributed by atoms with van der Waals surface area (Å²) in [5.74, 6) is 0.0626. The lowest BCUT2D eigenvalue weighted by Gasteiger charge is -2.14. The van der Waals surface area contributed by atoms with E-state index in [0.717, 1.165) is 17.7 Å². The first-order chi connectivity index (χ1) is 10.2. The predicted molar refractivity (Wildman–Crippen MR) is 80.8 cm³/mol. The highest BCUT2D eigenvalue weighted by molar-refractivity contribution is 5.40. The lowest BCUT2D eigenvalue weighted by molar-refractivity contribution is 0.409. The van der Waals surface area contributed by atoms with E-state index in [-0.39, 0.29) is 11.7 Å². The van der Waals surface area contributed by atoms with Gasteiger partial charge in [-0.15, -0.1) is 0 Å². The molecule has 0 aliphatic carbocycles. The standard InChI is InChI=1S/C18H18FNO/c1-3-13-7-8-18(21-2)15(9-13)10-16(12-20)14-5-4-6-17(19)11-14/h4-9,11,16H,3,10H2,1-2H3. The summed E-state index contributed by atoms with van der Waals surface area (Å²) in [6.45, 7) is 2.08. The van der Waals surface area contributed by atoms with E-state index in [9.17, 15) is 9.65 Å². The molecular formula is C18H18FNO.